The fourth-order valence-electron chi connectivity index (χ4n) is 4.01. The Bertz CT molecular complexity index is 1450. The summed E-state index contributed by atoms with van der Waals surface area (Å²) < 4.78 is 11.0. The van der Waals surface area contributed by atoms with Crippen molar-refractivity contribution in [1.29, 1.82) is 0 Å². The smallest absolute Gasteiger partial charge is 0.411 e. The molecule has 1 aliphatic heterocycles. The number of nitrogens with zero attached hydrogens (tertiary/aromatic N) is 1. The number of H-pyrrole nitrogens is 1. The zero-order chi connectivity index (χ0) is 24.6. The minimum absolute atomic E-state index is 0.120. The summed E-state index contributed by atoms with van der Waals surface area (Å²) in [6.07, 6.45) is 0.692. The number of fused-ring (bicyclic) bond motifs is 5. The maximum Gasteiger partial charge on any atom is 0.411 e. The number of amides is 1. The van der Waals surface area contributed by atoms with E-state index < -0.39 is 23.7 Å². The molecule has 1 aliphatic rings. The Labute approximate surface area is 200 Å². The minimum atomic E-state index is -0.960. The third kappa shape index (κ3) is 4.72. The van der Waals surface area contributed by atoms with Crippen LogP contribution in [0.4, 0.5) is 4.79 Å². The van der Waals surface area contributed by atoms with Crippen LogP contribution in [0.3, 0.4) is 0 Å². The molecule has 0 bridgehead atoms. The lowest BCUT2D eigenvalue weighted by Crippen LogP contribution is -2.43. The molecule has 1 saturated heterocycles. The lowest BCUT2D eigenvalue weighted by Gasteiger charge is -2.26. The standard InChI is InChI=1S/C15H8ClNO2.C10H17NO4/c16-8-5-6-12-11(7-8)13-14(19-12)9-3-1-2-4-10(9)15(18)17-13;1-10(2,3)15-9(14)11-6-4-5-7(11)8(12)13/h1-7H,(H,17,18);7H,4-6H2,1-3H3,(H,12,13)/t;7-/m.0/s1. The van der Waals surface area contributed by atoms with E-state index in [0.717, 1.165) is 17.2 Å². The van der Waals surface area contributed by atoms with Crippen molar-refractivity contribution >= 4 is 56.5 Å². The molecule has 1 amide bonds. The number of furan rings is 1. The van der Waals surface area contributed by atoms with E-state index in [9.17, 15) is 14.4 Å². The highest BCUT2D eigenvalue weighted by atomic mass is 35.5. The second-order valence-corrected chi connectivity index (χ2v) is 9.55. The molecule has 1 fully saturated rings. The lowest BCUT2D eigenvalue weighted by atomic mass is 10.1. The first-order valence-corrected chi connectivity index (χ1v) is 11.3. The maximum absolute atomic E-state index is 12.1. The number of hydrogen-bond acceptors (Lipinski definition) is 5. The van der Waals surface area contributed by atoms with Gasteiger partial charge >= 0.3 is 12.1 Å². The van der Waals surface area contributed by atoms with Gasteiger partial charge in [-0.2, -0.15) is 0 Å². The number of aromatic nitrogens is 1. The van der Waals surface area contributed by atoms with Gasteiger partial charge in [0.1, 0.15) is 17.2 Å². The number of carboxylic acids is 1. The molecule has 178 valence electrons. The van der Waals surface area contributed by atoms with Crippen molar-refractivity contribution in [2.45, 2.75) is 45.3 Å². The maximum atomic E-state index is 12.1. The zero-order valence-corrected chi connectivity index (χ0v) is 19.8. The van der Waals surface area contributed by atoms with Gasteiger partial charge in [-0.3, -0.25) is 9.69 Å². The Morgan fingerprint density at radius 3 is 2.53 bits per heavy atom. The van der Waals surface area contributed by atoms with Gasteiger partial charge in [0.15, 0.2) is 5.58 Å². The average molecular weight is 485 g/mol. The summed E-state index contributed by atoms with van der Waals surface area (Å²) in [7, 11) is 0. The molecule has 9 heteroatoms. The molecule has 0 saturated carbocycles. The van der Waals surface area contributed by atoms with E-state index in [1.807, 2.05) is 24.3 Å². The van der Waals surface area contributed by atoms with Crippen LogP contribution in [0, 0.1) is 0 Å². The fourth-order valence-corrected chi connectivity index (χ4v) is 4.18. The largest absolute Gasteiger partial charge is 0.480 e. The third-order valence-electron chi connectivity index (χ3n) is 5.47. The van der Waals surface area contributed by atoms with E-state index in [4.69, 9.17) is 25.9 Å². The van der Waals surface area contributed by atoms with E-state index >= 15 is 0 Å². The number of likely N-dealkylation sites (tertiary alicyclic amines) is 1. The van der Waals surface area contributed by atoms with Crippen molar-refractivity contribution in [2.24, 2.45) is 0 Å². The Morgan fingerprint density at radius 1 is 1.15 bits per heavy atom. The first-order chi connectivity index (χ1) is 16.0. The fraction of sp³-hybridized carbons (Fsp3) is 0.320. The lowest BCUT2D eigenvalue weighted by molar-refractivity contribution is -0.142. The molecule has 2 aromatic carbocycles. The van der Waals surface area contributed by atoms with E-state index in [2.05, 4.69) is 4.98 Å². The van der Waals surface area contributed by atoms with Crippen LogP contribution in [0.15, 0.2) is 51.7 Å². The van der Waals surface area contributed by atoms with Gasteiger partial charge in [0.2, 0.25) is 0 Å². The number of halogens is 1. The molecule has 2 N–H and O–H groups in total. The van der Waals surface area contributed by atoms with Crippen molar-refractivity contribution in [2.75, 3.05) is 6.54 Å². The van der Waals surface area contributed by atoms with Crippen molar-refractivity contribution < 1.29 is 23.8 Å². The number of carboxylic acid groups (broad SMARTS) is 1. The third-order valence-corrected chi connectivity index (χ3v) is 5.71. The van der Waals surface area contributed by atoms with Gasteiger partial charge in [0, 0.05) is 22.3 Å². The van der Waals surface area contributed by atoms with Crippen LogP contribution in [0.1, 0.15) is 33.6 Å². The van der Waals surface area contributed by atoms with Gasteiger partial charge in [0.25, 0.3) is 5.56 Å². The van der Waals surface area contributed by atoms with Gasteiger partial charge < -0.3 is 19.2 Å². The van der Waals surface area contributed by atoms with Crippen LogP contribution < -0.4 is 5.56 Å². The highest BCUT2D eigenvalue weighted by Crippen LogP contribution is 2.32. The SMILES string of the molecule is CC(C)(C)OC(=O)N1CCC[C@H]1C(=O)O.O=c1[nH]c2c3cc(Cl)ccc3oc2c2ccccc12. The van der Waals surface area contributed by atoms with E-state index in [-0.39, 0.29) is 5.56 Å². The summed E-state index contributed by atoms with van der Waals surface area (Å²) in [6.45, 7) is 5.75. The number of carbonyl (C=O) groups is 2. The number of aliphatic carboxylic acids is 1. The monoisotopic (exact) mass is 484 g/mol. The average Bonchev–Trinajstić information content (AvgIpc) is 3.39. The van der Waals surface area contributed by atoms with Gasteiger partial charge in [-0.25, -0.2) is 9.59 Å². The summed E-state index contributed by atoms with van der Waals surface area (Å²) in [5, 5.41) is 11.8. The van der Waals surface area contributed by atoms with Crippen LogP contribution in [-0.4, -0.2) is 45.2 Å². The minimum Gasteiger partial charge on any atom is -0.480 e. The van der Waals surface area contributed by atoms with Gasteiger partial charge in [0.05, 0.1) is 10.9 Å². The molecule has 8 nitrogen and oxygen atoms in total. The number of ether oxygens (including phenoxy) is 1. The van der Waals surface area contributed by atoms with Crippen LogP contribution in [-0.2, 0) is 9.53 Å². The number of nitrogens with one attached hydrogen (secondary N) is 1. The molecule has 1 atom stereocenters. The quantitative estimate of drug-likeness (QED) is 0.366. The molecular weight excluding hydrogens is 460 g/mol. The summed E-state index contributed by atoms with van der Waals surface area (Å²) in [4.78, 5) is 38.7. The van der Waals surface area contributed by atoms with Gasteiger partial charge in [-0.15, -0.1) is 0 Å². The topological polar surface area (TPSA) is 113 Å². The Hall–Kier alpha value is -3.52. The number of carbonyl (C=O) groups excluding carboxylic acids is 1. The van der Waals surface area contributed by atoms with Crippen molar-refractivity contribution in [3.63, 3.8) is 0 Å². The molecule has 3 heterocycles. The summed E-state index contributed by atoms with van der Waals surface area (Å²) in [6, 6.07) is 12.1. The Balaban J connectivity index is 0.000000167. The Morgan fingerprint density at radius 2 is 1.85 bits per heavy atom. The van der Waals surface area contributed by atoms with Crippen molar-refractivity contribution in [3.8, 4) is 0 Å². The van der Waals surface area contributed by atoms with Crippen molar-refractivity contribution in [3.05, 3.63) is 57.8 Å². The van der Waals surface area contributed by atoms with E-state index in [1.165, 1.54) is 4.90 Å². The van der Waals surface area contributed by atoms with Crippen LogP contribution in [0.25, 0.3) is 32.8 Å². The van der Waals surface area contributed by atoms with E-state index in [1.54, 1.807) is 39.0 Å². The molecule has 0 unspecified atom stereocenters. The molecule has 5 rings (SSSR count). The molecular formula is C25H25ClN2O6. The van der Waals surface area contributed by atoms with Gasteiger partial charge in [-0.05, 0) is 57.9 Å². The molecule has 0 aliphatic carbocycles. The van der Waals surface area contributed by atoms with Crippen molar-refractivity contribution in [1.82, 2.24) is 9.88 Å². The second kappa shape index (κ2) is 9.02. The molecule has 2 aromatic heterocycles. The predicted octanol–water partition coefficient (Wildman–Crippen LogP) is 5.55. The zero-order valence-electron chi connectivity index (χ0n) is 19.1. The molecule has 4 aromatic rings. The number of aromatic amines is 1. The predicted molar refractivity (Wildman–Crippen MR) is 130 cm³/mol. The molecule has 0 radical (unpaired) electrons. The highest BCUT2D eigenvalue weighted by Gasteiger charge is 2.36. The summed E-state index contributed by atoms with van der Waals surface area (Å²) in [5.74, 6) is -0.960. The highest BCUT2D eigenvalue weighted by molar-refractivity contribution is 6.31. The van der Waals surface area contributed by atoms with Crippen LogP contribution >= 0.6 is 11.6 Å². The second-order valence-electron chi connectivity index (χ2n) is 9.12. The molecule has 34 heavy (non-hydrogen) atoms. The molecule has 0 spiro atoms. The normalized spacial score (nSPS) is 16.0. The Kier molecular flexibility index (Phi) is 6.27. The summed E-state index contributed by atoms with van der Waals surface area (Å²) >= 11 is 6.00. The number of hydrogen-bond donors (Lipinski definition) is 2. The van der Waals surface area contributed by atoms with Crippen LogP contribution in [0.2, 0.25) is 5.02 Å². The summed E-state index contributed by atoms with van der Waals surface area (Å²) in [5.41, 5.74) is 1.40. The van der Waals surface area contributed by atoms with Gasteiger partial charge in [-0.1, -0.05) is 29.8 Å². The number of pyridine rings is 1. The first kappa shape index (κ1) is 23.6. The number of benzene rings is 2. The number of rotatable bonds is 1. The van der Waals surface area contributed by atoms with Crippen LogP contribution in [0.5, 0.6) is 0 Å². The first-order valence-electron chi connectivity index (χ1n) is 10.9. The van der Waals surface area contributed by atoms with E-state index in [0.29, 0.717) is 40.1 Å².